The molecule has 1 saturated heterocycles. The van der Waals surface area contributed by atoms with Gasteiger partial charge in [-0.25, -0.2) is 0 Å². The zero-order valence-electron chi connectivity index (χ0n) is 3.96. The Morgan fingerprint density at radius 1 is 1.86 bits per heavy atom. The van der Waals surface area contributed by atoms with Crippen molar-refractivity contribution < 1.29 is 0 Å². The van der Waals surface area contributed by atoms with Gasteiger partial charge in [0.2, 0.25) is 0 Å². The van der Waals surface area contributed by atoms with Crippen LogP contribution in [0.3, 0.4) is 0 Å². The van der Waals surface area contributed by atoms with Gasteiger partial charge in [0.25, 0.3) is 0 Å². The number of thioether (sulfide) groups is 2. The predicted octanol–water partition coefficient (Wildman–Crippen LogP) is 1.72. The van der Waals surface area contributed by atoms with Crippen LogP contribution in [0.15, 0.2) is 0 Å². The van der Waals surface area contributed by atoms with Gasteiger partial charge in [-0.15, -0.1) is 23.5 Å². The van der Waals surface area contributed by atoms with E-state index in [2.05, 4.69) is 12.6 Å². The normalized spacial score (nSPS) is 27.9. The van der Waals surface area contributed by atoms with Gasteiger partial charge in [0, 0.05) is 11.5 Å². The summed E-state index contributed by atoms with van der Waals surface area (Å²) in [6.07, 6.45) is 0. The highest BCUT2D eigenvalue weighted by atomic mass is 32.2. The van der Waals surface area contributed by atoms with Crippen LogP contribution < -0.4 is 0 Å². The average molecular weight is 152 g/mol. The minimum atomic E-state index is 0.937. The van der Waals surface area contributed by atoms with Crippen molar-refractivity contribution in [1.29, 1.82) is 0 Å². The minimum Gasteiger partial charge on any atom is -0.179 e. The second-order valence-corrected chi connectivity index (χ2v) is 4.65. The molecule has 1 heterocycles. The molecular formula is C4H8S3. The van der Waals surface area contributed by atoms with Crippen LogP contribution in [0, 0.1) is 0 Å². The molecule has 0 nitrogen and oxygen atoms in total. The van der Waals surface area contributed by atoms with Gasteiger partial charge in [0.15, 0.2) is 0 Å². The van der Waals surface area contributed by atoms with Crippen LogP contribution in [-0.2, 0) is 0 Å². The molecule has 0 spiro atoms. The Balaban J connectivity index is 1.80. The molecule has 1 unspecified atom stereocenters. The van der Waals surface area contributed by atoms with E-state index in [0.29, 0.717) is 0 Å². The Hall–Kier alpha value is 1.05. The Morgan fingerprint density at radius 3 is 3.00 bits per heavy atom. The second-order valence-electron chi connectivity index (χ2n) is 1.36. The lowest BCUT2D eigenvalue weighted by Gasteiger charge is -1.87. The van der Waals surface area contributed by atoms with Crippen LogP contribution in [0.4, 0.5) is 0 Å². The minimum absolute atomic E-state index is 0.937. The first-order valence-corrected chi connectivity index (χ1v) is 5.00. The molecular weight excluding hydrogens is 144 g/mol. The predicted molar refractivity (Wildman–Crippen MR) is 42.6 cm³/mol. The average Bonchev–Trinajstić information content (AvgIpc) is 2.42. The fourth-order valence-corrected chi connectivity index (χ4v) is 2.38. The molecule has 1 aliphatic rings. The Kier molecular flexibility index (Phi) is 2.78. The quantitative estimate of drug-likeness (QED) is 0.483. The third-order valence-electron chi connectivity index (χ3n) is 0.698. The zero-order valence-corrected chi connectivity index (χ0v) is 6.49. The standard InChI is InChI=1S/C4H8S3/c5-1-2-6-4-3-7-4/h4-5H,1-3H2. The first-order chi connectivity index (χ1) is 3.43. The van der Waals surface area contributed by atoms with Gasteiger partial charge in [-0.2, -0.15) is 12.6 Å². The third-order valence-corrected chi connectivity index (χ3v) is 3.87. The topological polar surface area (TPSA) is 0 Å². The highest BCUT2D eigenvalue weighted by Gasteiger charge is 2.21. The summed E-state index contributed by atoms with van der Waals surface area (Å²) in [5.41, 5.74) is 0. The van der Waals surface area contributed by atoms with Crippen molar-refractivity contribution in [3.05, 3.63) is 0 Å². The molecule has 0 aromatic carbocycles. The molecule has 0 aromatic rings. The summed E-state index contributed by atoms with van der Waals surface area (Å²) in [7, 11) is 0. The van der Waals surface area contributed by atoms with Gasteiger partial charge in [-0.3, -0.25) is 0 Å². The first-order valence-electron chi connectivity index (χ1n) is 2.27. The van der Waals surface area contributed by atoms with Crippen LogP contribution in [0.25, 0.3) is 0 Å². The van der Waals surface area contributed by atoms with Crippen molar-refractivity contribution in [2.45, 2.75) is 4.58 Å². The third kappa shape index (κ3) is 2.77. The van der Waals surface area contributed by atoms with Gasteiger partial charge in [0.05, 0.1) is 4.58 Å². The SMILES string of the molecule is SCCSC1CS1. The molecule has 0 N–H and O–H groups in total. The van der Waals surface area contributed by atoms with E-state index in [1.54, 1.807) is 0 Å². The zero-order chi connectivity index (χ0) is 5.11. The Morgan fingerprint density at radius 2 is 2.57 bits per heavy atom. The van der Waals surface area contributed by atoms with E-state index in [1.165, 1.54) is 11.5 Å². The second kappa shape index (κ2) is 3.15. The summed E-state index contributed by atoms with van der Waals surface area (Å²) < 4.78 is 0.937. The van der Waals surface area contributed by atoms with E-state index in [-0.39, 0.29) is 0 Å². The summed E-state index contributed by atoms with van der Waals surface area (Å²) in [6.45, 7) is 0. The van der Waals surface area contributed by atoms with E-state index in [0.717, 1.165) is 10.3 Å². The van der Waals surface area contributed by atoms with Crippen LogP contribution in [0.1, 0.15) is 0 Å². The Bertz CT molecular complexity index is 50.9. The number of hydrogen-bond donors (Lipinski definition) is 1. The molecule has 0 aliphatic carbocycles. The maximum atomic E-state index is 4.09. The monoisotopic (exact) mass is 152 g/mol. The van der Waals surface area contributed by atoms with Gasteiger partial charge in [-0.05, 0) is 5.75 Å². The summed E-state index contributed by atoms with van der Waals surface area (Å²) in [5, 5.41) is 0. The molecule has 0 saturated carbocycles. The van der Waals surface area contributed by atoms with Crippen molar-refractivity contribution in [2.24, 2.45) is 0 Å². The van der Waals surface area contributed by atoms with Crippen LogP contribution in [-0.4, -0.2) is 21.8 Å². The molecule has 0 radical (unpaired) electrons. The molecule has 1 atom stereocenters. The van der Waals surface area contributed by atoms with Crippen LogP contribution in [0.2, 0.25) is 0 Å². The van der Waals surface area contributed by atoms with E-state index in [9.17, 15) is 0 Å². The highest BCUT2D eigenvalue weighted by Crippen LogP contribution is 2.39. The lowest BCUT2D eigenvalue weighted by Crippen LogP contribution is -1.80. The van der Waals surface area contributed by atoms with Crippen LogP contribution in [0.5, 0.6) is 0 Å². The highest BCUT2D eigenvalue weighted by molar-refractivity contribution is 8.23. The number of hydrogen-bond acceptors (Lipinski definition) is 3. The number of rotatable bonds is 3. The summed E-state index contributed by atoms with van der Waals surface area (Å²) >= 11 is 8.16. The van der Waals surface area contributed by atoms with E-state index >= 15 is 0 Å². The van der Waals surface area contributed by atoms with E-state index < -0.39 is 0 Å². The first kappa shape index (κ1) is 6.17. The molecule has 0 bridgehead atoms. The Labute approximate surface area is 58.2 Å². The fourth-order valence-electron chi connectivity index (χ4n) is 0.320. The molecule has 0 aromatic heterocycles. The molecule has 1 fully saturated rings. The van der Waals surface area contributed by atoms with Gasteiger partial charge in [0.1, 0.15) is 0 Å². The fraction of sp³-hybridized carbons (Fsp3) is 1.00. The maximum Gasteiger partial charge on any atom is 0.0594 e. The lowest BCUT2D eigenvalue weighted by atomic mass is 10.9. The number of thiol groups is 1. The van der Waals surface area contributed by atoms with Gasteiger partial charge >= 0.3 is 0 Å². The van der Waals surface area contributed by atoms with Crippen LogP contribution >= 0.6 is 36.2 Å². The van der Waals surface area contributed by atoms with Crippen molar-refractivity contribution in [3.63, 3.8) is 0 Å². The van der Waals surface area contributed by atoms with E-state index in [4.69, 9.17) is 0 Å². The molecule has 1 rings (SSSR count). The van der Waals surface area contributed by atoms with Crippen molar-refractivity contribution in [2.75, 3.05) is 17.3 Å². The maximum absolute atomic E-state index is 4.09. The summed E-state index contributed by atoms with van der Waals surface area (Å²) in [5.74, 6) is 3.63. The van der Waals surface area contributed by atoms with Crippen molar-refractivity contribution in [3.8, 4) is 0 Å². The largest absolute Gasteiger partial charge is 0.179 e. The lowest BCUT2D eigenvalue weighted by molar-refractivity contribution is 1.53. The molecule has 0 amide bonds. The smallest absolute Gasteiger partial charge is 0.0594 e. The van der Waals surface area contributed by atoms with Gasteiger partial charge < -0.3 is 0 Å². The summed E-state index contributed by atoms with van der Waals surface area (Å²) in [6, 6.07) is 0. The molecule has 42 valence electrons. The van der Waals surface area contributed by atoms with E-state index in [1.807, 2.05) is 23.5 Å². The van der Waals surface area contributed by atoms with Crippen molar-refractivity contribution >= 4 is 36.2 Å². The van der Waals surface area contributed by atoms with Crippen molar-refractivity contribution in [1.82, 2.24) is 0 Å². The molecule has 3 heteroatoms. The molecule has 1 aliphatic heterocycles. The van der Waals surface area contributed by atoms with Gasteiger partial charge in [-0.1, -0.05) is 0 Å². The summed E-state index contributed by atoms with van der Waals surface area (Å²) in [4.78, 5) is 0. The molecule has 7 heavy (non-hydrogen) atoms.